The van der Waals surface area contributed by atoms with Gasteiger partial charge >= 0.3 is 14.8 Å². The molecule has 0 bridgehead atoms. The fourth-order valence-electron chi connectivity index (χ4n) is 4.84. The molecule has 46 heavy (non-hydrogen) atoms. The van der Waals surface area contributed by atoms with Crippen LogP contribution in [0.3, 0.4) is 0 Å². The normalized spacial score (nSPS) is 12.7. The zero-order valence-corrected chi connectivity index (χ0v) is 23.6. The van der Waals surface area contributed by atoms with E-state index in [0.717, 1.165) is 0 Å². The van der Waals surface area contributed by atoms with Crippen molar-refractivity contribution in [2.75, 3.05) is 0 Å². The third-order valence-corrected chi connectivity index (χ3v) is 6.98. The van der Waals surface area contributed by atoms with Crippen LogP contribution in [0.25, 0.3) is 16.6 Å². The number of nitriles is 2. The van der Waals surface area contributed by atoms with Crippen LogP contribution in [0.15, 0.2) is 108 Å². The number of imidazole rings is 1. The van der Waals surface area contributed by atoms with Crippen molar-refractivity contribution in [3.8, 4) is 35.8 Å². The van der Waals surface area contributed by atoms with Gasteiger partial charge in [-0.3, -0.25) is 17.3 Å². The van der Waals surface area contributed by atoms with E-state index in [-0.39, 0.29) is 45.2 Å². The van der Waals surface area contributed by atoms with E-state index < -0.39 is 14.8 Å². The van der Waals surface area contributed by atoms with Crippen LogP contribution in [-0.4, -0.2) is 34.5 Å². The number of allylic oxidation sites excluding steroid dienone is 2. The maximum absolute atomic E-state index is 14.8. The van der Waals surface area contributed by atoms with E-state index in [9.17, 15) is 17.3 Å². The topological polar surface area (TPSA) is 82.7 Å². The first-order valence-corrected chi connectivity index (χ1v) is 13.7. The Labute approximate surface area is 261 Å². The molecule has 1 aliphatic rings. The Bertz CT molecular complexity index is 2300. The zero-order chi connectivity index (χ0) is 32.2. The van der Waals surface area contributed by atoms with Gasteiger partial charge in [-0.15, -0.1) is 0 Å². The Hall–Kier alpha value is -6.49. The standard InChI is InChI=1S/C34H16B2F4N6/c37-35(38)45-28(17-14-24-7-11-26(22-42)12-8-24)18-20-32(45)33(34-44-29-3-1-2-4-31(29)46(34)36(39)40)30-19-16-27(43-30)15-13-23-5-9-25(21-41)10-6-23/h1-12,16,18-20H/b33-30-. The molecule has 216 valence electrons. The van der Waals surface area contributed by atoms with Gasteiger partial charge in [0.05, 0.1) is 51.3 Å². The summed E-state index contributed by atoms with van der Waals surface area (Å²) in [6, 6.07) is 25.9. The van der Waals surface area contributed by atoms with Crippen LogP contribution in [0.1, 0.15) is 39.5 Å². The van der Waals surface area contributed by atoms with Gasteiger partial charge < -0.3 is 8.96 Å². The summed E-state index contributed by atoms with van der Waals surface area (Å²) in [5.74, 6) is 11.1. The minimum absolute atomic E-state index is 0.0605. The van der Waals surface area contributed by atoms with E-state index in [0.29, 0.717) is 31.2 Å². The van der Waals surface area contributed by atoms with Crippen LogP contribution in [0.2, 0.25) is 0 Å². The largest absolute Gasteiger partial charge is 0.679 e. The molecule has 0 atom stereocenters. The first-order chi connectivity index (χ1) is 22.4. The molecule has 3 aromatic carbocycles. The summed E-state index contributed by atoms with van der Waals surface area (Å²) < 4.78 is 60.1. The van der Waals surface area contributed by atoms with E-state index in [1.807, 2.05) is 12.1 Å². The van der Waals surface area contributed by atoms with E-state index in [1.54, 1.807) is 72.8 Å². The van der Waals surface area contributed by atoms with E-state index in [1.165, 1.54) is 24.3 Å². The van der Waals surface area contributed by atoms with Crippen molar-refractivity contribution >= 4 is 37.1 Å². The maximum Gasteiger partial charge on any atom is 0.679 e. The molecule has 6 rings (SSSR count). The lowest BCUT2D eigenvalue weighted by atomic mass is 10.0. The first kappa shape index (κ1) is 29.6. The number of nitrogens with zero attached hydrogens (tertiary/aromatic N) is 6. The van der Waals surface area contributed by atoms with Crippen LogP contribution >= 0.6 is 0 Å². The quantitative estimate of drug-likeness (QED) is 0.136. The average molecular weight is 606 g/mol. The van der Waals surface area contributed by atoms with E-state index in [2.05, 4.69) is 33.7 Å². The molecule has 0 spiro atoms. The van der Waals surface area contributed by atoms with Crippen molar-refractivity contribution in [1.82, 2.24) is 13.9 Å². The van der Waals surface area contributed by atoms with E-state index >= 15 is 0 Å². The van der Waals surface area contributed by atoms with Gasteiger partial charge in [-0.1, -0.05) is 24.0 Å². The fraction of sp³-hybridized carbons (Fsp3) is 0. The summed E-state index contributed by atoms with van der Waals surface area (Å²) in [5.41, 5.74) is 2.50. The van der Waals surface area contributed by atoms with Crippen molar-refractivity contribution in [3.63, 3.8) is 0 Å². The smallest absolute Gasteiger partial charge is 0.318 e. The lowest BCUT2D eigenvalue weighted by molar-refractivity contribution is 0.626. The number of aromatic nitrogens is 3. The van der Waals surface area contributed by atoms with Gasteiger partial charge in [-0.05, 0) is 96.8 Å². The SMILES string of the molecule is N#Cc1ccc(C#CC2=N/C(=C(/c3ccc(C#Cc4ccc(C#N)cc4)n3B(F)F)c3nc4ccccc4n3B(F)F)C=C2)cc1. The number of fused-ring (bicyclic) bond motifs is 1. The summed E-state index contributed by atoms with van der Waals surface area (Å²) in [7, 11) is -6.14. The second-order valence-corrected chi connectivity index (χ2v) is 9.79. The van der Waals surface area contributed by atoms with Gasteiger partial charge in [0.2, 0.25) is 0 Å². The van der Waals surface area contributed by atoms with Crippen molar-refractivity contribution in [2.45, 2.75) is 0 Å². The van der Waals surface area contributed by atoms with Gasteiger partial charge in [0.25, 0.3) is 0 Å². The van der Waals surface area contributed by atoms with Crippen LogP contribution < -0.4 is 0 Å². The predicted molar refractivity (Wildman–Crippen MR) is 169 cm³/mol. The summed E-state index contributed by atoms with van der Waals surface area (Å²) in [6.45, 7) is 0. The third kappa shape index (κ3) is 5.84. The molecule has 0 amide bonds. The molecular formula is C34H16B2F4N6. The second kappa shape index (κ2) is 12.6. The van der Waals surface area contributed by atoms with Crippen LogP contribution in [0.5, 0.6) is 0 Å². The van der Waals surface area contributed by atoms with Crippen molar-refractivity contribution in [2.24, 2.45) is 4.99 Å². The predicted octanol–water partition coefficient (Wildman–Crippen LogP) is 6.35. The summed E-state index contributed by atoms with van der Waals surface area (Å²) in [4.78, 5) is 8.97. The zero-order valence-electron chi connectivity index (χ0n) is 23.6. The molecule has 3 heterocycles. The van der Waals surface area contributed by atoms with Gasteiger partial charge in [0, 0.05) is 16.8 Å². The molecule has 12 heteroatoms. The average Bonchev–Trinajstić information content (AvgIpc) is 3.81. The highest BCUT2D eigenvalue weighted by Crippen LogP contribution is 2.34. The Morgan fingerprint density at radius 1 is 0.630 bits per heavy atom. The number of hydrogen-bond acceptors (Lipinski definition) is 4. The van der Waals surface area contributed by atoms with Crippen molar-refractivity contribution in [3.05, 3.63) is 142 Å². The number of halogens is 4. The van der Waals surface area contributed by atoms with Gasteiger partial charge in [-0.2, -0.15) is 10.5 Å². The third-order valence-electron chi connectivity index (χ3n) is 6.98. The Morgan fingerprint density at radius 3 is 1.83 bits per heavy atom. The van der Waals surface area contributed by atoms with Crippen LogP contribution in [0, 0.1) is 46.3 Å². The number of hydrogen-bond donors (Lipinski definition) is 0. The van der Waals surface area contributed by atoms with Crippen LogP contribution in [0.4, 0.5) is 17.3 Å². The minimum Gasteiger partial charge on any atom is -0.318 e. The highest BCUT2D eigenvalue weighted by molar-refractivity contribution is 6.43. The van der Waals surface area contributed by atoms with Gasteiger partial charge in [0.15, 0.2) is 0 Å². The molecule has 0 saturated carbocycles. The van der Waals surface area contributed by atoms with Gasteiger partial charge in [-0.25, -0.2) is 9.98 Å². The molecule has 0 unspecified atom stereocenters. The molecule has 5 aromatic rings. The fourth-order valence-corrected chi connectivity index (χ4v) is 4.84. The molecule has 0 N–H and O–H groups in total. The monoisotopic (exact) mass is 606 g/mol. The number of aliphatic imine (C=N–C) groups is 1. The molecule has 0 fully saturated rings. The summed E-state index contributed by atoms with van der Waals surface area (Å²) in [5, 5.41) is 18.0. The summed E-state index contributed by atoms with van der Waals surface area (Å²) >= 11 is 0. The minimum atomic E-state index is -3.10. The van der Waals surface area contributed by atoms with Crippen molar-refractivity contribution in [1.29, 1.82) is 10.5 Å². The Balaban J connectivity index is 1.53. The number of rotatable bonds is 4. The number of benzene rings is 3. The molecule has 0 saturated heterocycles. The highest BCUT2D eigenvalue weighted by atomic mass is 19.2. The Morgan fingerprint density at radius 2 is 1.22 bits per heavy atom. The first-order valence-electron chi connectivity index (χ1n) is 13.7. The molecule has 0 aliphatic carbocycles. The molecule has 2 aromatic heterocycles. The molecule has 1 aliphatic heterocycles. The number of para-hydroxylation sites is 2. The van der Waals surface area contributed by atoms with Gasteiger partial charge in [0.1, 0.15) is 11.5 Å². The van der Waals surface area contributed by atoms with E-state index in [4.69, 9.17) is 10.5 Å². The second-order valence-electron chi connectivity index (χ2n) is 9.79. The summed E-state index contributed by atoms with van der Waals surface area (Å²) in [6.07, 6.45) is 3.07. The Kier molecular flexibility index (Phi) is 8.12. The highest BCUT2D eigenvalue weighted by Gasteiger charge is 2.33. The lowest BCUT2D eigenvalue weighted by Gasteiger charge is -2.14. The lowest BCUT2D eigenvalue weighted by Crippen LogP contribution is -2.21. The van der Waals surface area contributed by atoms with Crippen LogP contribution in [-0.2, 0) is 0 Å². The maximum atomic E-state index is 14.8. The van der Waals surface area contributed by atoms with Crippen molar-refractivity contribution < 1.29 is 17.3 Å². The molecule has 6 nitrogen and oxygen atoms in total. The molecular weight excluding hydrogens is 590 g/mol. The molecule has 0 radical (unpaired) electrons.